The van der Waals surface area contributed by atoms with Crippen molar-refractivity contribution in [2.24, 2.45) is 0 Å². The van der Waals surface area contributed by atoms with E-state index in [0.717, 1.165) is 17.4 Å². The molecule has 1 aliphatic heterocycles. The van der Waals surface area contributed by atoms with Gasteiger partial charge in [-0.3, -0.25) is 9.78 Å². The highest BCUT2D eigenvalue weighted by atomic mass is 32.2. The first-order chi connectivity index (χ1) is 13.1. The SMILES string of the molecule is CCc1ccccc1C#Cc1cncc2cc(C=C3SC(=S)NC3=O)oc12. The van der Waals surface area contributed by atoms with E-state index in [9.17, 15) is 4.79 Å². The van der Waals surface area contributed by atoms with Crippen LogP contribution in [0.3, 0.4) is 0 Å². The van der Waals surface area contributed by atoms with Crippen molar-refractivity contribution in [3.8, 4) is 11.8 Å². The van der Waals surface area contributed by atoms with Crippen molar-refractivity contribution in [2.45, 2.75) is 13.3 Å². The van der Waals surface area contributed by atoms with Gasteiger partial charge in [-0.2, -0.15) is 0 Å². The van der Waals surface area contributed by atoms with Crippen LogP contribution in [0, 0.1) is 11.8 Å². The molecule has 0 bridgehead atoms. The van der Waals surface area contributed by atoms with Gasteiger partial charge in [-0.1, -0.05) is 60.9 Å². The average molecular weight is 390 g/mol. The standard InChI is InChI=1S/C21H14N2O2S2/c1-2-13-5-3-4-6-14(13)7-8-15-11-22-12-16-9-17(25-19(15)16)10-18-20(24)23-21(26)27-18/h3-6,9-12H,2H2,1H3,(H,23,24,26). The van der Waals surface area contributed by atoms with Crippen molar-refractivity contribution in [2.75, 3.05) is 0 Å². The first kappa shape index (κ1) is 17.5. The Morgan fingerprint density at radius 2 is 2.07 bits per heavy atom. The minimum absolute atomic E-state index is 0.209. The third-order valence-electron chi connectivity index (χ3n) is 4.09. The van der Waals surface area contributed by atoms with Crippen molar-refractivity contribution in [3.63, 3.8) is 0 Å². The monoisotopic (exact) mass is 390 g/mol. The fraction of sp³-hybridized carbons (Fsp3) is 0.0952. The number of thioether (sulfide) groups is 1. The van der Waals surface area contributed by atoms with Gasteiger partial charge >= 0.3 is 0 Å². The number of aromatic nitrogens is 1. The predicted molar refractivity (Wildman–Crippen MR) is 112 cm³/mol. The maximum absolute atomic E-state index is 11.8. The topological polar surface area (TPSA) is 55.1 Å². The first-order valence-electron chi connectivity index (χ1n) is 8.36. The Morgan fingerprint density at radius 1 is 1.26 bits per heavy atom. The molecule has 4 nitrogen and oxygen atoms in total. The van der Waals surface area contributed by atoms with Crippen molar-refractivity contribution in [1.82, 2.24) is 10.3 Å². The quantitative estimate of drug-likeness (QED) is 0.402. The summed E-state index contributed by atoms with van der Waals surface area (Å²) in [5, 5.41) is 3.43. The molecule has 1 fully saturated rings. The van der Waals surface area contributed by atoms with E-state index in [1.54, 1.807) is 18.5 Å². The number of nitrogens with one attached hydrogen (secondary N) is 1. The maximum atomic E-state index is 11.8. The molecule has 1 N–H and O–H groups in total. The summed E-state index contributed by atoms with van der Waals surface area (Å²) in [4.78, 5) is 16.6. The van der Waals surface area contributed by atoms with Gasteiger partial charge in [-0.05, 0) is 24.1 Å². The van der Waals surface area contributed by atoms with E-state index < -0.39 is 0 Å². The van der Waals surface area contributed by atoms with E-state index in [1.165, 1.54) is 17.3 Å². The zero-order valence-corrected chi connectivity index (χ0v) is 16.0. The lowest BCUT2D eigenvalue weighted by molar-refractivity contribution is -0.115. The number of furan rings is 1. The van der Waals surface area contributed by atoms with Gasteiger partial charge in [0, 0.05) is 29.4 Å². The number of carbonyl (C=O) groups excluding carboxylic acids is 1. The number of amides is 1. The lowest BCUT2D eigenvalue weighted by Crippen LogP contribution is -2.17. The van der Waals surface area contributed by atoms with E-state index in [4.69, 9.17) is 16.6 Å². The number of nitrogens with zero attached hydrogens (tertiary/aromatic N) is 1. The second kappa shape index (κ2) is 7.39. The minimum Gasteiger partial charge on any atom is -0.455 e. The Hall–Kier alpha value is -2.88. The van der Waals surface area contributed by atoms with Crippen LogP contribution >= 0.6 is 24.0 Å². The van der Waals surface area contributed by atoms with Gasteiger partial charge in [-0.15, -0.1) is 0 Å². The number of fused-ring (bicyclic) bond motifs is 1. The molecule has 0 aliphatic carbocycles. The molecule has 1 aliphatic rings. The van der Waals surface area contributed by atoms with Crippen LogP contribution in [0.2, 0.25) is 0 Å². The number of aryl methyl sites for hydroxylation is 1. The van der Waals surface area contributed by atoms with Crippen molar-refractivity contribution < 1.29 is 9.21 Å². The van der Waals surface area contributed by atoms with Gasteiger partial charge < -0.3 is 9.73 Å². The number of benzene rings is 1. The normalized spacial score (nSPS) is 15.1. The molecule has 2 aromatic heterocycles. The Labute approximate surface area is 166 Å². The number of hydrogen-bond acceptors (Lipinski definition) is 5. The number of hydrogen-bond donors (Lipinski definition) is 1. The molecule has 0 radical (unpaired) electrons. The van der Waals surface area contributed by atoms with E-state index in [0.29, 0.717) is 26.1 Å². The van der Waals surface area contributed by atoms with Gasteiger partial charge in [0.15, 0.2) is 5.58 Å². The lowest BCUT2D eigenvalue weighted by atomic mass is 10.1. The minimum atomic E-state index is -0.209. The Morgan fingerprint density at radius 3 is 2.85 bits per heavy atom. The third-order valence-corrected chi connectivity index (χ3v) is 5.25. The summed E-state index contributed by atoms with van der Waals surface area (Å²) in [6, 6.07) is 9.93. The number of rotatable bonds is 2. The Bertz CT molecular complexity index is 1170. The van der Waals surface area contributed by atoms with E-state index in [1.807, 2.05) is 24.3 Å². The highest BCUT2D eigenvalue weighted by Crippen LogP contribution is 2.29. The van der Waals surface area contributed by atoms with Gasteiger partial charge in [0.2, 0.25) is 0 Å². The van der Waals surface area contributed by atoms with Crippen LogP contribution in [0.5, 0.6) is 0 Å². The molecule has 0 spiro atoms. The van der Waals surface area contributed by atoms with E-state index in [-0.39, 0.29) is 5.91 Å². The second-order valence-corrected chi connectivity index (χ2v) is 7.59. The molecule has 1 aromatic carbocycles. The fourth-order valence-corrected chi connectivity index (χ4v) is 3.80. The van der Waals surface area contributed by atoms with Crippen LogP contribution in [0.4, 0.5) is 0 Å². The molecule has 27 heavy (non-hydrogen) atoms. The van der Waals surface area contributed by atoms with Crippen LogP contribution in [0.25, 0.3) is 17.0 Å². The van der Waals surface area contributed by atoms with Gasteiger partial charge in [0.25, 0.3) is 5.91 Å². The molecule has 0 unspecified atom stereocenters. The highest BCUT2D eigenvalue weighted by Gasteiger charge is 2.22. The van der Waals surface area contributed by atoms with Crippen LogP contribution in [-0.2, 0) is 11.2 Å². The number of carbonyl (C=O) groups is 1. The summed E-state index contributed by atoms with van der Waals surface area (Å²) < 4.78 is 6.38. The highest BCUT2D eigenvalue weighted by molar-refractivity contribution is 8.26. The van der Waals surface area contributed by atoms with Crippen LogP contribution in [-0.4, -0.2) is 15.2 Å². The number of thiocarbonyl (C=S) groups is 1. The molecule has 1 saturated heterocycles. The summed E-state index contributed by atoms with van der Waals surface area (Å²) in [6.45, 7) is 2.11. The fourth-order valence-electron chi connectivity index (χ4n) is 2.78. The average Bonchev–Trinajstić information content (AvgIpc) is 3.22. The largest absolute Gasteiger partial charge is 0.455 e. The van der Waals surface area contributed by atoms with E-state index >= 15 is 0 Å². The second-order valence-electron chi connectivity index (χ2n) is 5.87. The Balaban J connectivity index is 1.73. The molecule has 0 saturated carbocycles. The zero-order valence-electron chi connectivity index (χ0n) is 14.4. The number of pyridine rings is 1. The first-order valence-corrected chi connectivity index (χ1v) is 9.59. The molecule has 4 rings (SSSR count). The van der Waals surface area contributed by atoms with Gasteiger partial charge in [-0.25, -0.2) is 0 Å². The third kappa shape index (κ3) is 3.65. The molecular weight excluding hydrogens is 376 g/mol. The smallest absolute Gasteiger partial charge is 0.263 e. The van der Waals surface area contributed by atoms with Crippen LogP contribution < -0.4 is 5.32 Å². The van der Waals surface area contributed by atoms with Gasteiger partial charge in [0.05, 0.1) is 10.5 Å². The zero-order chi connectivity index (χ0) is 18.8. The molecule has 132 valence electrons. The van der Waals surface area contributed by atoms with Crippen molar-refractivity contribution in [1.29, 1.82) is 0 Å². The summed E-state index contributed by atoms with van der Waals surface area (Å²) in [5.74, 6) is 6.74. The molecule has 1 amide bonds. The maximum Gasteiger partial charge on any atom is 0.263 e. The van der Waals surface area contributed by atoms with Gasteiger partial charge in [0.1, 0.15) is 10.1 Å². The molecule has 3 aromatic rings. The van der Waals surface area contributed by atoms with Crippen LogP contribution in [0.1, 0.15) is 29.4 Å². The van der Waals surface area contributed by atoms with E-state index in [2.05, 4.69) is 35.1 Å². The summed E-state index contributed by atoms with van der Waals surface area (Å²) in [7, 11) is 0. The molecular formula is C21H14N2O2S2. The summed E-state index contributed by atoms with van der Waals surface area (Å²) in [6.07, 6.45) is 6.02. The molecule has 6 heteroatoms. The molecule has 3 heterocycles. The molecule has 0 atom stereocenters. The van der Waals surface area contributed by atoms with Crippen LogP contribution in [0.15, 0.2) is 52.0 Å². The van der Waals surface area contributed by atoms with Crippen molar-refractivity contribution >= 4 is 51.3 Å². The lowest BCUT2D eigenvalue weighted by Gasteiger charge is -1.99. The predicted octanol–water partition coefficient (Wildman–Crippen LogP) is 4.28. The van der Waals surface area contributed by atoms with Crippen molar-refractivity contribution in [3.05, 3.63) is 70.1 Å². The summed E-state index contributed by atoms with van der Waals surface area (Å²) >= 11 is 6.23. The summed E-state index contributed by atoms with van der Waals surface area (Å²) in [5.41, 5.74) is 3.57. The Kier molecular flexibility index (Phi) is 4.80.